The second-order valence-corrected chi connectivity index (χ2v) is 6.32. The Morgan fingerprint density at radius 1 is 1.19 bits per heavy atom. The number of amides is 1. The Morgan fingerprint density at radius 2 is 1.92 bits per heavy atom. The molecule has 1 aliphatic heterocycles. The fourth-order valence-corrected chi connectivity index (χ4v) is 3.21. The van der Waals surface area contributed by atoms with Gasteiger partial charge in [-0.15, -0.1) is 0 Å². The van der Waals surface area contributed by atoms with E-state index < -0.39 is 5.41 Å². The van der Waals surface area contributed by atoms with Crippen LogP contribution >= 0.6 is 0 Å². The van der Waals surface area contributed by atoms with Crippen LogP contribution < -0.4 is 15.8 Å². The van der Waals surface area contributed by atoms with Crippen LogP contribution in [0.2, 0.25) is 0 Å². The van der Waals surface area contributed by atoms with Crippen molar-refractivity contribution in [3.8, 4) is 5.75 Å². The minimum atomic E-state index is -0.797. The van der Waals surface area contributed by atoms with E-state index in [9.17, 15) is 9.18 Å². The van der Waals surface area contributed by atoms with Crippen molar-refractivity contribution in [1.29, 1.82) is 0 Å². The summed E-state index contributed by atoms with van der Waals surface area (Å²) in [4.78, 5) is 13.1. The largest absolute Gasteiger partial charge is 0.492 e. The third-order valence-corrected chi connectivity index (χ3v) is 4.66. The first-order valence-electron chi connectivity index (χ1n) is 8.72. The molecule has 138 valence electrons. The molecule has 1 saturated heterocycles. The van der Waals surface area contributed by atoms with Gasteiger partial charge in [0.05, 0.1) is 5.41 Å². The molecule has 1 aliphatic rings. The highest BCUT2D eigenvalue weighted by Crippen LogP contribution is 2.36. The molecule has 3 N–H and O–H groups in total. The zero-order valence-electron chi connectivity index (χ0n) is 14.5. The second kappa shape index (κ2) is 8.29. The van der Waals surface area contributed by atoms with Gasteiger partial charge >= 0.3 is 0 Å². The van der Waals surface area contributed by atoms with Crippen LogP contribution in [-0.4, -0.2) is 32.3 Å². The fraction of sp³-hybridized carbons (Fsp3) is 0.350. The van der Waals surface area contributed by atoms with Gasteiger partial charge in [-0.3, -0.25) is 4.79 Å². The summed E-state index contributed by atoms with van der Waals surface area (Å²) in [6.07, 6.45) is 1.03. The number of anilines is 1. The highest BCUT2D eigenvalue weighted by atomic mass is 19.1. The van der Waals surface area contributed by atoms with E-state index in [1.54, 1.807) is 36.4 Å². The van der Waals surface area contributed by atoms with E-state index >= 15 is 0 Å². The lowest BCUT2D eigenvalue weighted by molar-refractivity contribution is -0.125. The normalized spacial score (nSPS) is 16.1. The summed E-state index contributed by atoms with van der Waals surface area (Å²) in [5.74, 6) is 0.198. The van der Waals surface area contributed by atoms with E-state index in [1.807, 2.05) is 0 Å². The number of nitrogens with two attached hydrogens (primary N) is 1. The van der Waals surface area contributed by atoms with Crippen molar-refractivity contribution in [2.75, 3.05) is 31.7 Å². The molecule has 0 unspecified atom stereocenters. The third-order valence-electron chi connectivity index (χ3n) is 4.66. The lowest BCUT2D eigenvalue weighted by atomic mass is 9.73. The van der Waals surface area contributed by atoms with Gasteiger partial charge in [-0.25, -0.2) is 4.39 Å². The van der Waals surface area contributed by atoms with Crippen molar-refractivity contribution in [2.24, 2.45) is 5.73 Å². The molecule has 5 nitrogen and oxygen atoms in total. The Labute approximate surface area is 152 Å². The van der Waals surface area contributed by atoms with Crippen LogP contribution in [0, 0.1) is 5.82 Å². The van der Waals surface area contributed by atoms with E-state index in [0.717, 1.165) is 0 Å². The first kappa shape index (κ1) is 18.4. The number of ether oxygens (including phenoxy) is 2. The number of carbonyl (C=O) groups is 1. The maximum Gasteiger partial charge on any atom is 0.235 e. The summed E-state index contributed by atoms with van der Waals surface area (Å²) in [7, 11) is 0. The molecule has 0 saturated carbocycles. The fourth-order valence-electron chi connectivity index (χ4n) is 3.21. The predicted octanol–water partition coefficient (Wildman–Crippen LogP) is 2.85. The second-order valence-electron chi connectivity index (χ2n) is 6.32. The molecule has 3 rings (SSSR count). The number of hydrogen-bond acceptors (Lipinski definition) is 4. The van der Waals surface area contributed by atoms with Gasteiger partial charge in [-0.05, 0) is 54.8 Å². The zero-order chi connectivity index (χ0) is 18.4. The maximum atomic E-state index is 13.7. The molecule has 0 spiro atoms. The molecule has 2 aromatic carbocycles. The SMILES string of the molecule is NCCOc1ccc(NC(=O)C2(c3cccc(F)c3)CCOCC2)cc1. The minimum Gasteiger partial charge on any atom is -0.492 e. The topological polar surface area (TPSA) is 73.6 Å². The molecule has 1 heterocycles. The van der Waals surface area contributed by atoms with Crippen LogP contribution in [0.15, 0.2) is 48.5 Å². The Kier molecular flexibility index (Phi) is 5.85. The molecule has 0 aromatic heterocycles. The van der Waals surface area contributed by atoms with Gasteiger partial charge in [0.1, 0.15) is 18.2 Å². The maximum absolute atomic E-state index is 13.7. The van der Waals surface area contributed by atoms with Crippen LogP contribution in [0.1, 0.15) is 18.4 Å². The van der Waals surface area contributed by atoms with Crippen molar-refractivity contribution >= 4 is 11.6 Å². The van der Waals surface area contributed by atoms with Crippen molar-refractivity contribution in [3.05, 3.63) is 59.9 Å². The van der Waals surface area contributed by atoms with Gasteiger partial charge in [0.25, 0.3) is 0 Å². The number of hydrogen-bond donors (Lipinski definition) is 2. The molecule has 0 radical (unpaired) electrons. The lowest BCUT2D eigenvalue weighted by Crippen LogP contribution is -2.44. The molecule has 6 heteroatoms. The van der Waals surface area contributed by atoms with E-state index in [-0.39, 0.29) is 11.7 Å². The summed E-state index contributed by atoms with van der Waals surface area (Å²) in [5.41, 5.74) is 5.97. The Balaban J connectivity index is 1.80. The van der Waals surface area contributed by atoms with Crippen molar-refractivity contribution in [2.45, 2.75) is 18.3 Å². The number of nitrogens with one attached hydrogen (secondary N) is 1. The van der Waals surface area contributed by atoms with E-state index in [1.165, 1.54) is 12.1 Å². The average Bonchev–Trinajstić information content (AvgIpc) is 2.68. The third kappa shape index (κ3) is 4.03. The molecule has 0 atom stereocenters. The number of halogens is 1. The first-order valence-corrected chi connectivity index (χ1v) is 8.72. The van der Waals surface area contributed by atoms with Crippen LogP contribution in [-0.2, 0) is 14.9 Å². The molecular formula is C20H23FN2O3. The van der Waals surface area contributed by atoms with Gasteiger partial charge in [-0.2, -0.15) is 0 Å². The van der Waals surface area contributed by atoms with Crippen LogP contribution in [0.4, 0.5) is 10.1 Å². The van der Waals surface area contributed by atoms with E-state index in [4.69, 9.17) is 15.2 Å². The van der Waals surface area contributed by atoms with Gasteiger partial charge in [0.2, 0.25) is 5.91 Å². The Bertz CT molecular complexity index is 743. The van der Waals surface area contributed by atoms with Gasteiger partial charge in [0.15, 0.2) is 0 Å². The molecular weight excluding hydrogens is 335 g/mol. The quantitative estimate of drug-likeness (QED) is 0.833. The summed E-state index contributed by atoms with van der Waals surface area (Å²) < 4.78 is 24.6. The zero-order valence-corrected chi connectivity index (χ0v) is 14.5. The molecule has 26 heavy (non-hydrogen) atoms. The number of rotatable bonds is 6. The van der Waals surface area contributed by atoms with Crippen LogP contribution in [0.25, 0.3) is 0 Å². The average molecular weight is 358 g/mol. The van der Waals surface area contributed by atoms with Crippen molar-refractivity contribution in [1.82, 2.24) is 0 Å². The summed E-state index contributed by atoms with van der Waals surface area (Å²) >= 11 is 0. The molecule has 0 aliphatic carbocycles. The number of benzene rings is 2. The van der Waals surface area contributed by atoms with Crippen molar-refractivity contribution < 1.29 is 18.7 Å². The molecule has 2 aromatic rings. The number of carbonyl (C=O) groups excluding carboxylic acids is 1. The highest BCUT2D eigenvalue weighted by Gasteiger charge is 2.42. The predicted molar refractivity (Wildman–Crippen MR) is 97.8 cm³/mol. The minimum absolute atomic E-state index is 0.151. The van der Waals surface area contributed by atoms with Gasteiger partial charge in [-0.1, -0.05) is 12.1 Å². The molecule has 1 amide bonds. The molecule has 0 bridgehead atoms. The van der Waals surface area contributed by atoms with Crippen LogP contribution in [0.5, 0.6) is 5.75 Å². The Morgan fingerprint density at radius 3 is 2.58 bits per heavy atom. The highest BCUT2D eigenvalue weighted by molar-refractivity contribution is 5.99. The smallest absolute Gasteiger partial charge is 0.235 e. The molecule has 1 fully saturated rings. The summed E-state index contributed by atoms with van der Waals surface area (Å²) in [6.45, 7) is 1.82. The Hall–Kier alpha value is -2.44. The first-order chi connectivity index (χ1) is 12.6. The van der Waals surface area contributed by atoms with Crippen molar-refractivity contribution in [3.63, 3.8) is 0 Å². The van der Waals surface area contributed by atoms with E-state index in [0.29, 0.717) is 56.2 Å². The summed E-state index contributed by atoms with van der Waals surface area (Å²) in [6, 6.07) is 13.4. The van der Waals surface area contributed by atoms with Gasteiger partial charge < -0.3 is 20.5 Å². The van der Waals surface area contributed by atoms with Crippen LogP contribution in [0.3, 0.4) is 0 Å². The monoisotopic (exact) mass is 358 g/mol. The lowest BCUT2D eigenvalue weighted by Gasteiger charge is -2.36. The van der Waals surface area contributed by atoms with Gasteiger partial charge in [0, 0.05) is 25.4 Å². The summed E-state index contributed by atoms with van der Waals surface area (Å²) in [5, 5.41) is 2.96. The van der Waals surface area contributed by atoms with E-state index in [2.05, 4.69) is 5.32 Å². The standard InChI is InChI=1S/C20H23FN2O3/c21-16-3-1-2-15(14-16)20(8-11-25-12-9-20)19(24)23-17-4-6-18(7-5-17)26-13-10-22/h1-7,14H,8-13,22H2,(H,23,24).